The van der Waals surface area contributed by atoms with Crippen molar-refractivity contribution < 1.29 is 9.90 Å². The molecular formula is C15H29NO2. The fourth-order valence-corrected chi connectivity index (χ4v) is 3.47. The molecule has 1 aliphatic heterocycles. The first-order valence-electron chi connectivity index (χ1n) is 7.62. The number of carboxylic acid groups (broad SMARTS) is 1. The molecule has 18 heavy (non-hydrogen) atoms. The molecule has 0 bridgehead atoms. The van der Waals surface area contributed by atoms with Gasteiger partial charge in [-0.3, -0.25) is 9.69 Å². The van der Waals surface area contributed by atoms with Crippen molar-refractivity contribution >= 4 is 5.97 Å². The number of aliphatic carboxylic acids is 1. The van der Waals surface area contributed by atoms with Gasteiger partial charge >= 0.3 is 5.97 Å². The zero-order chi connectivity index (χ0) is 13.6. The lowest BCUT2D eigenvalue weighted by molar-refractivity contribution is -0.152. The Bertz CT molecular complexity index is 267. The molecule has 0 radical (unpaired) electrons. The predicted octanol–water partition coefficient (Wildman–Crippen LogP) is 3.67. The molecule has 3 heteroatoms. The molecule has 1 fully saturated rings. The van der Waals surface area contributed by atoms with Crippen molar-refractivity contribution in [2.75, 3.05) is 6.54 Å². The van der Waals surface area contributed by atoms with E-state index in [0.29, 0.717) is 6.04 Å². The Kier molecular flexibility index (Phi) is 6.13. The van der Waals surface area contributed by atoms with Crippen LogP contribution in [0.25, 0.3) is 0 Å². The summed E-state index contributed by atoms with van der Waals surface area (Å²) < 4.78 is 0. The average Bonchev–Trinajstić information content (AvgIpc) is 2.76. The fraction of sp³-hybridized carbons (Fsp3) is 0.933. The van der Waals surface area contributed by atoms with Crippen LogP contribution in [0.2, 0.25) is 0 Å². The minimum atomic E-state index is -0.600. The molecule has 2 unspecified atom stereocenters. The first kappa shape index (κ1) is 15.5. The summed E-state index contributed by atoms with van der Waals surface area (Å²) >= 11 is 0. The highest BCUT2D eigenvalue weighted by Crippen LogP contribution is 2.37. The third-order valence-electron chi connectivity index (χ3n) is 4.40. The Morgan fingerprint density at radius 2 is 2.06 bits per heavy atom. The van der Waals surface area contributed by atoms with Crippen LogP contribution < -0.4 is 0 Å². The summed E-state index contributed by atoms with van der Waals surface area (Å²) in [6, 6.07) is 0.454. The number of hydrogen-bond acceptors (Lipinski definition) is 2. The topological polar surface area (TPSA) is 40.5 Å². The maximum atomic E-state index is 11.8. The van der Waals surface area contributed by atoms with Crippen molar-refractivity contribution in [2.45, 2.75) is 83.7 Å². The molecule has 1 heterocycles. The van der Waals surface area contributed by atoms with E-state index in [4.69, 9.17) is 0 Å². The molecule has 106 valence electrons. The van der Waals surface area contributed by atoms with E-state index >= 15 is 0 Å². The summed E-state index contributed by atoms with van der Waals surface area (Å²) in [5, 5.41) is 9.69. The molecule has 1 N–H and O–H groups in total. The van der Waals surface area contributed by atoms with Gasteiger partial charge in [0.1, 0.15) is 5.54 Å². The van der Waals surface area contributed by atoms with Crippen LogP contribution in [0.4, 0.5) is 0 Å². The van der Waals surface area contributed by atoms with Crippen LogP contribution >= 0.6 is 0 Å². The van der Waals surface area contributed by atoms with Gasteiger partial charge in [-0.25, -0.2) is 0 Å². The molecule has 0 spiro atoms. The number of carboxylic acids is 1. The van der Waals surface area contributed by atoms with Gasteiger partial charge in [-0.15, -0.1) is 0 Å². The third-order valence-corrected chi connectivity index (χ3v) is 4.40. The number of rotatable bonds is 8. The van der Waals surface area contributed by atoms with Crippen molar-refractivity contribution in [3.05, 3.63) is 0 Å². The molecular weight excluding hydrogens is 226 g/mol. The number of nitrogens with zero attached hydrogens (tertiary/aromatic N) is 1. The SMILES string of the molecule is CCCCC(CC)N1CCCC1(CCC)C(=O)O. The maximum Gasteiger partial charge on any atom is 0.324 e. The predicted molar refractivity (Wildman–Crippen MR) is 74.8 cm³/mol. The van der Waals surface area contributed by atoms with Crippen LogP contribution in [0.15, 0.2) is 0 Å². The van der Waals surface area contributed by atoms with E-state index in [1.54, 1.807) is 0 Å². The molecule has 2 atom stereocenters. The number of likely N-dealkylation sites (tertiary alicyclic amines) is 1. The van der Waals surface area contributed by atoms with Crippen LogP contribution in [-0.2, 0) is 4.79 Å². The number of unbranched alkanes of at least 4 members (excludes halogenated alkanes) is 1. The Hall–Kier alpha value is -0.570. The van der Waals surface area contributed by atoms with Gasteiger partial charge in [-0.05, 0) is 38.6 Å². The molecule has 1 aliphatic rings. The van der Waals surface area contributed by atoms with Crippen LogP contribution in [0.3, 0.4) is 0 Å². The summed E-state index contributed by atoms with van der Waals surface area (Å²) in [5.74, 6) is -0.600. The van der Waals surface area contributed by atoms with E-state index in [9.17, 15) is 9.90 Å². The Balaban J connectivity index is 2.85. The van der Waals surface area contributed by atoms with Crippen molar-refractivity contribution in [1.29, 1.82) is 0 Å². The summed E-state index contributed by atoms with van der Waals surface area (Å²) in [7, 11) is 0. The summed E-state index contributed by atoms with van der Waals surface area (Å²) in [6.45, 7) is 7.45. The Morgan fingerprint density at radius 3 is 2.56 bits per heavy atom. The largest absolute Gasteiger partial charge is 0.480 e. The van der Waals surface area contributed by atoms with E-state index in [2.05, 4.69) is 25.7 Å². The zero-order valence-electron chi connectivity index (χ0n) is 12.2. The zero-order valence-corrected chi connectivity index (χ0v) is 12.2. The van der Waals surface area contributed by atoms with Gasteiger partial charge < -0.3 is 5.11 Å². The number of carbonyl (C=O) groups is 1. The Morgan fingerprint density at radius 1 is 1.33 bits per heavy atom. The fourth-order valence-electron chi connectivity index (χ4n) is 3.47. The maximum absolute atomic E-state index is 11.8. The number of hydrogen-bond donors (Lipinski definition) is 1. The van der Waals surface area contributed by atoms with Gasteiger partial charge in [0, 0.05) is 6.04 Å². The third kappa shape index (κ3) is 3.05. The van der Waals surface area contributed by atoms with Gasteiger partial charge in [-0.2, -0.15) is 0 Å². The van der Waals surface area contributed by atoms with Gasteiger partial charge in [-0.1, -0.05) is 40.0 Å². The lowest BCUT2D eigenvalue weighted by atomic mass is 9.88. The lowest BCUT2D eigenvalue weighted by Crippen LogP contribution is -2.54. The molecule has 0 saturated carbocycles. The standard InChI is InChI=1S/C15H29NO2/c1-4-7-9-13(6-3)16-12-8-11-15(16,10-5-2)14(17)18/h13H,4-12H2,1-3H3,(H,17,18). The highest BCUT2D eigenvalue weighted by molar-refractivity contribution is 5.79. The lowest BCUT2D eigenvalue weighted by Gasteiger charge is -2.40. The smallest absolute Gasteiger partial charge is 0.324 e. The van der Waals surface area contributed by atoms with Gasteiger partial charge in [0.2, 0.25) is 0 Å². The molecule has 1 rings (SSSR count). The monoisotopic (exact) mass is 255 g/mol. The van der Waals surface area contributed by atoms with Crippen LogP contribution in [-0.4, -0.2) is 34.1 Å². The summed E-state index contributed by atoms with van der Waals surface area (Å²) in [6.07, 6.45) is 8.23. The first-order valence-corrected chi connectivity index (χ1v) is 7.62. The van der Waals surface area contributed by atoms with Crippen molar-refractivity contribution in [2.24, 2.45) is 0 Å². The second-order valence-corrected chi connectivity index (χ2v) is 5.59. The molecule has 1 saturated heterocycles. The molecule has 0 amide bonds. The minimum absolute atomic E-state index is 0.454. The van der Waals surface area contributed by atoms with Crippen LogP contribution in [0.1, 0.15) is 72.1 Å². The van der Waals surface area contributed by atoms with Gasteiger partial charge in [0.15, 0.2) is 0 Å². The normalized spacial score (nSPS) is 26.4. The summed E-state index contributed by atoms with van der Waals surface area (Å²) in [4.78, 5) is 14.1. The minimum Gasteiger partial charge on any atom is -0.480 e. The summed E-state index contributed by atoms with van der Waals surface area (Å²) in [5.41, 5.74) is -0.566. The van der Waals surface area contributed by atoms with Crippen molar-refractivity contribution in [3.63, 3.8) is 0 Å². The molecule has 0 aliphatic carbocycles. The molecule has 3 nitrogen and oxygen atoms in total. The van der Waals surface area contributed by atoms with Crippen LogP contribution in [0, 0.1) is 0 Å². The second kappa shape index (κ2) is 7.13. The molecule has 0 aromatic rings. The first-order chi connectivity index (χ1) is 8.62. The molecule has 0 aromatic carbocycles. The highest BCUT2D eigenvalue weighted by Gasteiger charge is 2.48. The van der Waals surface area contributed by atoms with E-state index < -0.39 is 11.5 Å². The van der Waals surface area contributed by atoms with E-state index in [0.717, 1.165) is 45.1 Å². The van der Waals surface area contributed by atoms with E-state index in [1.165, 1.54) is 12.8 Å². The molecule has 0 aromatic heterocycles. The average molecular weight is 255 g/mol. The quantitative estimate of drug-likeness (QED) is 0.719. The van der Waals surface area contributed by atoms with Gasteiger partial charge in [0.25, 0.3) is 0 Å². The van der Waals surface area contributed by atoms with Crippen LogP contribution in [0.5, 0.6) is 0 Å². The van der Waals surface area contributed by atoms with E-state index in [-0.39, 0.29) is 0 Å². The Labute approximate surface area is 112 Å². The second-order valence-electron chi connectivity index (χ2n) is 5.59. The highest BCUT2D eigenvalue weighted by atomic mass is 16.4. The van der Waals surface area contributed by atoms with Crippen molar-refractivity contribution in [3.8, 4) is 0 Å². The van der Waals surface area contributed by atoms with Gasteiger partial charge in [0.05, 0.1) is 0 Å². The van der Waals surface area contributed by atoms with Crippen molar-refractivity contribution in [1.82, 2.24) is 4.90 Å². The van der Waals surface area contributed by atoms with E-state index in [1.807, 2.05) is 0 Å².